The number of carbonyl (C=O) groups is 4. The van der Waals surface area contributed by atoms with E-state index in [1.54, 1.807) is 66.7 Å². The summed E-state index contributed by atoms with van der Waals surface area (Å²) in [6, 6.07) is 19.3. The Balaban J connectivity index is 1.32. The van der Waals surface area contributed by atoms with Gasteiger partial charge in [-0.15, -0.1) is 0 Å². The molecule has 6 atom stereocenters. The first kappa shape index (κ1) is 39.4. The SMILES string of the molecule is COc1cc([C@H]2C3=CC[C@@H]4C(=O)N(c5cc(C(F)(F)F)cc(C(F)(F)F)c5)C(=O)[C@@H]4[C@@H]3C[C@H]3C(=O)N(Nc4ccc(C)cc4)C(=O)[C@@]23c2ccccc2)cc(I)c1O. The number of aryl methyl sites for hydroxylation is 1. The van der Waals surface area contributed by atoms with E-state index in [1.165, 1.54) is 13.2 Å². The number of nitrogens with zero attached hydrogens (tertiary/aromatic N) is 2. The van der Waals surface area contributed by atoms with Gasteiger partial charge in [-0.25, -0.2) is 4.90 Å². The van der Waals surface area contributed by atoms with Crippen molar-refractivity contribution in [3.63, 3.8) is 0 Å². The number of allylic oxidation sites excluding steroid dienone is 2. The van der Waals surface area contributed by atoms with Gasteiger partial charge >= 0.3 is 12.4 Å². The molecule has 300 valence electrons. The summed E-state index contributed by atoms with van der Waals surface area (Å²) in [7, 11) is 1.34. The molecule has 2 aliphatic carbocycles. The maximum Gasteiger partial charge on any atom is 0.416 e. The van der Waals surface area contributed by atoms with Crippen molar-refractivity contribution in [3.05, 3.63) is 128 Å². The Morgan fingerprint density at radius 2 is 1.47 bits per heavy atom. The number of rotatable bonds is 6. The van der Waals surface area contributed by atoms with Crippen LogP contribution in [0.3, 0.4) is 0 Å². The largest absolute Gasteiger partial charge is 0.504 e. The number of halogens is 7. The Bertz CT molecular complexity index is 2390. The molecule has 2 N–H and O–H groups in total. The number of ether oxygens (including phenoxy) is 1. The highest BCUT2D eigenvalue weighted by Crippen LogP contribution is 2.64. The van der Waals surface area contributed by atoms with Crippen molar-refractivity contribution in [2.75, 3.05) is 17.4 Å². The van der Waals surface area contributed by atoms with Gasteiger partial charge in [0.05, 0.1) is 56.4 Å². The van der Waals surface area contributed by atoms with E-state index >= 15 is 4.79 Å². The normalized spacial score (nSPS) is 25.7. The molecule has 2 heterocycles. The maximum atomic E-state index is 15.3. The van der Waals surface area contributed by atoms with Crippen LogP contribution in [0.5, 0.6) is 11.5 Å². The molecule has 9 nitrogen and oxygen atoms in total. The fourth-order valence-electron chi connectivity index (χ4n) is 9.36. The van der Waals surface area contributed by atoms with E-state index in [0.29, 0.717) is 43.0 Å². The monoisotopic (exact) mass is 915 g/mol. The number of methoxy groups -OCH3 is 1. The molecule has 4 aromatic rings. The van der Waals surface area contributed by atoms with Crippen molar-refractivity contribution in [1.82, 2.24) is 5.01 Å². The van der Waals surface area contributed by atoms with E-state index in [0.717, 1.165) is 10.6 Å². The minimum atomic E-state index is -5.24. The number of hydrogen-bond donors (Lipinski definition) is 2. The van der Waals surface area contributed by atoms with E-state index in [2.05, 4.69) is 5.43 Å². The van der Waals surface area contributed by atoms with Crippen molar-refractivity contribution in [1.29, 1.82) is 0 Å². The molecule has 1 saturated carbocycles. The Hall–Kier alpha value is -5.39. The first-order valence-electron chi connectivity index (χ1n) is 18.1. The number of aromatic hydroxyl groups is 1. The molecular formula is C42H32F6IN3O6. The number of carbonyl (C=O) groups excluding carboxylic acids is 4. The van der Waals surface area contributed by atoms with Crippen LogP contribution in [0.15, 0.2) is 96.6 Å². The van der Waals surface area contributed by atoms with E-state index in [9.17, 15) is 45.8 Å². The lowest BCUT2D eigenvalue weighted by molar-refractivity contribution is -0.143. The summed E-state index contributed by atoms with van der Waals surface area (Å²) in [6.07, 6.45) is -9.10. The standard InChI is InChI=1S/C42H32F6IN3O6/c1-20-8-10-25(11-9-20)50-52-37(55)30-19-29-27(34(21-14-31(49)35(53)32(15-21)58-2)40(30,39(52)57)22-6-4-3-5-7-22)12-13-28-33(29)38(56)51(36(28)54)26-17-23(41(43,44)45)16-24(18-26)42(46,47)48/h3-12,14-18,28-30,33-34,50,53H,13,19H2,1-2H3/t28-,29+,30-,33-,34-,40+/m0/s1. The highest BCUT2D eigenvalue weighted by atomic mass is 127. The Labute approximate surface area is 340 Å². The average Bonchev–Trinajstić information content (AvgIpc) is 3.56. The van der Waals surface area contributed by atoms with Crippen molar-refractivity contribution < 1.29 is 55.4 Å². The zero-order valence-electron chi connectivity index (χ0n) is 30.5. The van der Waals surface area contributed by atoms with Crippen LogP contribution < -0.4 is 15.1 Å². The third-order valence-corrected chi connectivity index (χ3v) is 12.7. The van der Waals surface area contributed by atoms with Crippen LogP contribution in [0.25, 0.3) is 0 Å². The second-order valence-electron chi connectivity index (χ2n) is 14.9. The molecule has 4 aromatic carbocycles. The van der Waals surface area contributed by atoms with Gasteiger partial charge in [0.2, 0.25) is 11.8 Å². The summed E-state index contributed by atoms with van der Waals surface area (Å²) in [5, 5.41) is 11.8. The number of phenols is 1. The summed E-state index contributed by atoms with van der Waals surface area (Å²) in [4.78, 5) is 59.3. The lowest BCUT2D eigenvalue weighted by Crippen LogP contribution is -2.53. The zero-order chi connectivity index (χ0) is 41.6. The Morgan fingerprint density at radius 3 is 2.07 bits per heavy atom. The van der Waals surface area contributed by atoms with Gasteiger partial charge in [0, 0.05) is 5.92 Å². The molecule has 0 radical (unpaired) electrons. The second-order valence-corrected chi connectivity index (χ2v) is 16.1. The number of alkyl halides is 6. The first-order valence-corrected chi connectivity index (χ1v) is 19.2. The van der Waals surface area contributed by atoms with Crippen LogP contribution in [0.4, 0.5) is 37.7 Å². The van der Waals surface area contributed by atoms with Gasteiger partial charge < -0.3 is 9.84 Å². The van der Waals surface area contributed by atoms with E-state index in [1.807, 2.05) is 29.5 Å². The molecule has 0 unspecified atom stereocenters. The molecule has 16 heteroatoms. The third kappa shape index (κ3) is 6.04. The molecule has 2 aliphatic heterocycles. The van der Waals surface area contributed by atoms with Gasteiger partial charge in [-0.2, -0.15) is 31.4 Å². The van der Waals surface area contributed by atoms with Gasteiger partial charge in [-0.1, -0.05) is 59.7 Å². The van der Waals surface area contributed by atoms with Crippen LogP contribution in [0, 0.1) is 34.2 Å². The number of fused-ring (bicyclic) bond motifs is 4. The second kappa shape index (κ2) is 13.9. The molecule has 4 amide bonds. The fourth-order valence-corrected chi connectivity index (χ4v) is 9.99. The predicted octanol–water partition coefficient (Wildman–Crippen LogP) is 8.54. The minimum Gasteiger partial charge on any atom is -0.504 e. The molecule has 2 saturated heterocycles. The van der Waals surface area contributed by atoms with Crippen LogP contribution in [-0.4, -0.2) is 40.9 Å². The van der Waals surface area contributed by atoms with Crippen molar-refractivity contribution >= 4 is 57.6 Å². The first-order chi connectivity index (χ1) is 27.4. The Morgan fingerprint density at radius 1 is 0.828 bits per heavy atom. The lowest BCUT2D eigenvalue weighted by atomic mass is 9.49. The van der Waals surface area contributed by atoms with Gasteiger partial charge in [0.1, 0.15) is 0 Å². The topological polar surface area (TPSA) is 116 Å². The number of imide groups is 2. The van der Waals surface area contributed by atoms with Crippen LogP contribution in [0.2, 0.25) is 0 Å². The highest BCUT2D eigenvalue weighted by Gasteiger charge is 2.70. The predicted molar refractivity (Wildman–Crippen MR) is 205 cm³/mol. The molecule has 8 rings (SSSR count). The number of benzene rings is 4. The van der Waals surface area contributed by atoms with Gasteiger partial charge in [-0.05, 0) is 102 Å². The molecule has 58 heavy (non-hydrogen) atoms. The number of nitrogens with one attached hydrogen (secondary N) is 1. The van der Waals surface area contributed by atoms with Gasteiger partial charge in [0.15, 0.2) is 11.5 Å². The maximum absolute atomic E-state index is 15.3. The number of anilines is 2. The quantitative estimate of drug-likeness (QED) is 0.0863. The smallest absolute Gasteiger partial charge is 0.416 e. The minimum absolute atomic E-state index is 0.0489. The fraction of sp³-hybridized carbons (Fsp3) is 0.286. The van der Waals surface area contributed by atoms with Crippen molar-refractivity contribution in [3.8, 4) is 11.5 Å². The average molecular weight is 916 g/mol. The summed E-state index contributed by atoms with van der Waals surface area (Å²) in [5.41, 5.74) is -0.272. The molecule has 0 bridgehead atoms. The van der Waals surface area contributed by atoms with E-state index in [-0.39, 0.29) is 30.4 Å². The summed E-state index contributed by atoms with van der Waals surface area (Å²) in [6.45, 7) is 1.87. The molecule has 0 aromatic heterocycles. The highest BCUT2D eigenvalue weighted by molar-refractivity contribution is 14.1. The number of hydrazine groups is 1. The molecular weight excluding hydrogens is 883 g/mol. The van der Waals surface area contributed by atoms with Crippen LogP contribution in [-0.2, 0) is 36.9 Å². The van der Waals surface area contributed by atoms with E-state index in [4.69, 9.17) is 4.74 Å². The molecule has 4 aliphatic rings. The van der Waals surface area contributed by atoms with Crippen LogP contribution in [0.1, 0.15) is 46.6 Å². The Kier molecular flexibility index (Phi) is 9.43. The number of phenolic OH excluding ortho intramolecular Hbond substituents is 1. The molecule has 0 spiro atoms. The number of hydrogen-bond acceptors (Lipinski definition) is 7. The summed E-state index contributed by atoms with van der Waals surface area (Å²) in [5.74, 6) is -9.15. The van der Waals surface area contributed by atoms with Gasteiger partial charge in [0.25, 0.3) is 11.8 Å². The summed E-state index contributed by atoms with van der Waals surface area (Å²) >= 11 is 1.90. The summed E-state index contributed by atoms with van der Waals surface area (Å²) < 4.78 is 89.5. The molecule has 3 fully saturated rings. The van der Waals surface area contributed by atoms with E-state index < -0.39 is 87.8 Å². The van der Waals surface area contributed by atoms with Crippen LogP contribution >= 0.6 is 22.6 Å². The van der Waals surface area contributed by atoms with Crippen molar-refractivity contribution in [2.24, 2.45) is 23.7 Å². The van der Waals surface area contributed by atoms with Crippen molar-refractivity contribution in [2.45, 2.75) is 43.5 Å². The third-order valence-electron chi connectivity index (χ3n) is 11.8. The van der Waals surface area contributed by atoms with Gasteiger partial charge in [-0.3, -0.25) is 24.6 Å². The number of amides is 4. The zero-order valence-corrected chi connectivity index (χ0v) is 32.6. The lowest BCUT2D eigenvalue weighted by Gasteiger charge is -2.50.